The SMILES string of the molecule is Cc1cccc(CC(=O)NCC(C)C(=O)O)c1. The first-order valence-corrected chi connectivity index (χ1v) is 5.54. The predicted octanol–water partition coefficient (Wildman–Crippen LogP) is 1.37. The van der Waals surface area contributed by atoms with Crippen molar-refractivity contribution in [3.8, 4) is 0 Å². The molecule has 1 atom stereocenters. The third-order valence-corrected chi connectivity index (χ3v) is 2.47. The molecule has 0 aliphatic heterocycles. The van der Waals surface area contributed by atoms with Crippen LogP contribution in [0.3, 0.4) is 0 Å². The maximum atomic E-state index is 11.5. The Morgan fingerprint density at radius 3 is 2.71 bits per heavy atom. The standard InChI is InChI=1S/C13H17NO3/c1-9-4-3-5-11(6-9)7-12(15)14-8-10(2)13(16)17/h3-6,10H,7-8H2,1-2H3,(H,14,15)(H,16,17). The molecule has 0 aliphatic carbocycles. The molecule has 0 fully saturated rings. The molecule has 0 spiro atoms. The number of carbonyl (C=O) groups is 2. The number of hydrogen-bond acceptors (Lipinski definition) is 2. The van der Waals surface area contributed by atoms with E-state index in [4.69, 9.17) is 5.11 Å². The summed E-state index contributed by atoms with van der Waals surface area (Å²) in [4.78, 5) is 22.1. The first-order chi connectivity index (χ1) is 7.99. The zero-order chi connectivity index (χ0) is 12.8. The van der Waals surface area contributed by atoms with Gasteiger partial charge in [-0.1, -0.05) is 36.8 Å². The predicted molar refractivity (Wildman–Crippen MR) is 64.7 cm³/mol. The highest BCUT2D eigenvalue weighted by molar-refractivity contribution is 5.79. The topological polar surface area (TPSA) is 66.4 Å². The number of rotatable bonds is 5. The van der Waals surface area contributed by atoms with Crippen LogP contribution in [0.25, 0.3) is 0 Å². The van der Waals surface area contributed by atoms with E-state index in [2.05, 4.69) is 5.32 Å². The first kappa shape index (κ1) is 13.2. The molecule has 0 heterocycles. The maximum absolute atomic E-state index is 11.5. The quantitative estimate of drug-likeness (QED) is 0.810. The van der Waals surface area contributed by atoms with Crippen LogP contribution in [0.1, 0.15) is 18.1 Å². The van der Waals surface area contributed by atoms with E-state index >= 15 is 0 Å². The lowest BCUT2D eigenvalue weighted by atomic mass is 10.1. The highest BCUT2D eigenvalue weighted by atomic mass is 16.4. The summed E-state index contributed by atoms with van der Waals surface area (Å²) >= 11 is 0. The lowest BCUT2D eigenvalue weighted by molar-refractivity contribution is -0.141. The Kier molecular flexibility index (Phi) is 4.69. The highest BCUT2D eigenvalue weighted by Gasteiger charge is 2.12. The van der Waals surface area contributed by atoms with Crippen LogP contribution >= 0.6 is 0 Å². The summed E-state index contributed by atoms with van der Waals surface area (Å²) in [5, 5.41) is 11.3. The normalized spacial score (nSPS) is 11.9. The van der Waals surface area contributed by atoms with Crippen molar-refractivity contribution in [1.82, 2.24) is 5.32 Å². The van der Waals surface area contributed by atoms with Crippen molar-refractivity contribution >= 4 is 11.9 Å². The maximum Gasteiger partial charge on any atom is 0.308 e. The van der Waals surface area contributed by atoms with Gasteiger partial charge < -0.3 is 10.4 Å². The van der Waals surface area contributed by atoms with Crippen molar-refractivity contribution in [3.05, 3.63) is 35.4 Å². The Labute approximate surface area is 101 Å². The summed E-state index contributed by atoms with van der Waals surface area (Å²) in [6.07, 6.45) is 0.286. The second kappa shape index (κ2) is 6.03. The molecular formula is C13H17NO3. The second-order valence-corrected chi connectivity index (χ2v) is 4.21. The average molecular weight is 235 g/mol. The minimum absolute atomic E-state index is 0.149. The molecule has 1 rings (SSSR count). The lowest BCUT2D eigenvalue weighted by Gasteiger charge is -2.08. The molecule has 0 radical (unpaired) electrons. The summed E-state index contributed by atoms with van der Waals surface area (Å²) in [6.45, 7) is 3.70. The van der Waals surface area contributed by atoms with Crippen molar-refractivity contribution in [3.63, 3.8) is 0 Å². The minimum Gasteiger partial charge on any atom is -0.481 e. The molecular weight excluding hydrogens is 218 g/mol. The molecule has 1 unspecified atom stereocenters. The van der Waals surface area contributed by atoms with Crippen LogP contribution in [-0.2, 0) is 16.0 Å². The molecule has 0 saturated heterocycles. The molecule has 1 aromatic carbocycles. The van der Waals surface area contributed by atoms with E-state index in [0.717, 1.165) is 11.1 Å². The molecule has 0 bridgehead atoms. The Hall–Kier alpha value is -1.84. The number of carboxylic acids is 1. The molecule has 1 amide bonds. The van der Waals surface area contributed by atoms with Gasteiger partial charge in [-0.3, -0.25) is 9.59 Å². The van der Waals surface area contributed by atoms with E-state index in [9.17, 15) is 9.59 Å². The van der Waals surface area contributed by atoms with Gasteiger partial charge in [-0.2, -0.15) is 0 Å². The third-order valence-electron chi connectivity index (χ3n) is 2.47. The van der Waals surface area contributed by atoms with Crippen molar-refractivity contribution in [1.29, 1.82) is 0 Å². The van der Waals surface area contributed by atoms with E-state index in [1.165, 1.54) is 0 Å². The fraction of sp³-hybridized carbons (Fsp3) is 0.385. The summed E-state index contributed by atoms with van der Waals surface area (Å²) in [6, 6.07) is 7.69. The molecule has 4 heteroatoms. The Morgan fingerprint density at radius 2 is 2.12 bits per heavy atom. The molecule has 4 nitrogen and oxygen atoms in total. The van der Waals surface area contributed by atoms with Crippen molar-refractivity contribution < 1.29 is 14.7 Å². The number of carboxylic acid groups (broad SMARTS) is 1. The number of nitrogens with one attached hydrogen (secondary N) is 1. The van der Waals surface area contributed by atoms with Crippen LogP contribution in [0.5, 0.6) is 0 Å². The Bertz CT molecular complexity index is 415. The fourth-order valence-corrected chi connectivity index (χ4v) is 1.42. The van der Waals surface area contributed by atoms with Gasteiger partial charge in [0.25, 0.3) is 0 Å². The van der Waals surface area contributed by atoms with E-state index in [1.807, 2.05) is 31.2 Å². The van der Waals surface area contributed by atoms with Crippen LogP contribution in [0.15, 0.2) is 24.3 Å². The van der Waals surface area contributed by atoms with E-state index in [1.54, 1.807) is 6.92 Å². The summed E-state index contributed by atoms with van der Waals surface area (Å²) < 4.78 is 0. The van der Waals surface area contributed by atoms with Gasteiger partial charge in [0.05, 0.1) is 12.3 Å². The largest absolute Gasteiger partial charge is 0.481 e. The van der Waals surface area contributed by atoms with Crippen LogP contribution in [-0.4, -0.2) is 23.5 Å². The number of amides is 1. The van der Waals surface area contributed by atoms with Gasteiger partial charge in [0.1, 0.15) is 0 Å². The zero-order valence-corrected chi connectivity index (χ0v) is 10.1. The zero-order valence-electron chi connectivity index (χ0n) is 10.1. The molecule has 92 valence electrons. The fourth-order valence-electron chi connectivity index (χ4n) is 1.42. The average Bonchev–Trinajstić information content (AvgIpc) is 2.25. The Morgan fingerprint density at radius 1 is 1.41 bits per heavy atom. The van der Waals surface area contributed by atoms with Gasteiger partial charge >= 0.3 is 5.97 Å². The van der Waals surface area contributed by atoms with Crippen LogP contribution in [0.4, 0.5) is 0 Å². The summed E-state index contributed by atoms with van der Waals surface area (Å²) in [5.41, 5.74) is 2.04. The number of aryl methyl sites for hydroxylation is 1. The monoisotopic (exact) mass is 235 g/mol. The van der Waals surface area contributed by atoms with Crippen LogP contribution in [0.2, 0.25) is 0 Å². The third kappa shape index (κ3) is 4.68. The minimum atomic E-state index is -0.902. The summed E-state index contributed by atoms with van der Waals surface area (Å²) in [7, 11) is 0. The first-order valence-electron chi connectivity index (χ1n) is 5.54. The van der Waals surface area contributed by atoms with Gasteiger partial charge in [0.15, 0.2) is 0 Å². The molecule has 0 saturated carbocycles. The van der Waals surface area contributed by atoms with E-state index in [-0.39, 0.29) is 18.9 Å². The van der Waals surface area contributed by atoms with E-state index in [0.29, 0.717) is 0 Å². The smallest absolute Gasteiger partial charge is 0.308 e. The van der Waals surface area contributed by atoms with E-state index < -0.39 is 11.9 Å². The second-order valence-electron chi connectivity index (χ2n) is 4.21. The lowest BCUT2D eigenvalue weighted by Crippen LogP contribution is -2.32. The van der Waals surface area contributed by atoms with Gasteiger partial charge in [0.2, 0.25) is 5.91 Å². The number of aliphatic carboxylic acids is 1. The molecule has 0 aromatic heterocycles. The van der Waals surface area contributed by atoms with Gasteiger partial charge in [-0.25, -0.2) is 0 Å². The van der Waals surface area contributed by atoms with Crippen LogP contribution in [0, 0.1) is 12.8 Å². The molecule has 1 aromatic rings. The van der Waals surface area contributed by atoms with Gasteiger partial charge in [0, 0.05) is 6.54 Å². The number of benzene rings is 1. The molecule has 17 heavy (non-hydrogen) atoms. The van der Waals surface area contributed by atoms with Crippen molar-refractivity contribution in [2.24, 2.45) is 5.92 Å². The van der Waals surface area contributed by atoms with Gasteiger partial charge in [-0.15, -0.1) is 0 Å². The molecule has 0 aliphatic rings. The number of carbonyl (C=O) groups excluding carboxylic acids is 1. The van der Waals surface area contributed by atoms with Gasteiger partial charge in [-0.05, 0) is 12.5 Å². The van der Waals surface area contributed by atoms with Crippen molar-refractivity contribution in [2.75, 3.05) is 6.54 Å². The molecule has 2 N–H and O–H groups in total. The van der Waals surface area contributed by atoms with Crippen molar-refractivity contribution in [2.45, 2.75) is 20.3 Å². The Balaban J connectivity index is 2.42. The van der Waals surface area contributed by atoms with Crippen LogP contribution < -0.4 is 5.32 Å². The number of hydrogen-bond donors (Lipinski definition) is 2. The highest BCUT2D eigenvalue weighted by Crippen LogP contribution is 2.04. The summed E-state index contributed by atoms with van der Waals surface area (Å²) in [5.74, 6) is -1.61.